The average molecular weight is 306 g/mol. The summed E-state index contributed by atoms with van der Waals surface area (Å²) in [6.07, 6.45) is -3.63. The number of hydrogen-bond acceptors (Lipinski definition) is 3. The van der Waals surface area contributed by atoms with Crippen molar-refractivity contribution >= 4 is 23.2 Å². The largest absolute Gasteiger partial charge is 0.573 e. The number of carbonyl (C=O) groups is 1. The third kappa shape index (κ3) is 3.67. The van der Waals surface area contributed by atoms with E-state index in [0.717, 1.165) is 6.07 Å². The minimum Gasteiger partial charge on any atom is -0.459 e. The van der Waals surface area contributed by atoms with Gasteiger partial charge in [0, 0.05) is 11.1 Å². The molecule has 0 fully saturated rings. The van der Waals surface area contributed by atoms with Gasteiger partial charge >= 0.3 is 6.36 Å². The van der Waals surface area contributed by atoms with Crippen molar-refractivity contribution in [2.75, 3.05) is 5.32 Å². The van der Waals surface area contributed by atoms with Crippen LogP contribution in [-0.2, 0) is 0 Å². The maximum Gasteiger partial charge on any atom is 0.573 e. The van der Waals surface area contributed by atoms with E-state index < -0.39 is 18.0 Å². The lowest BCUT2D eigenvalue weighted by molar-refractivity contribution is -0.274. The van der Waals surface area contributed by atoms with Crippen molar-refractivity contribution in [3.8, 4) is 5.75 Å². The molecule has 0 unspecified atom stereocenters. The van der Waals surface area contributed by atoms with Crippen LogP contribution in [0.1, 0.15) is 10.6 Å². The Bertz CT molecular complexity index is 611. The van der Waals surface area contributed by atoms with Crippen molar-refractivity contribution in [2.45, 2.75) is 6.36 Å². The molecule has 0 saturated carbocycles. The first-order chi connectivity index (χ1) is 9.35. The van der Waals surface area contributed by atoms with Gasteiger partial charge in [0.25, 0.3) is 5.91 Å². The molecule has 106 valence electrons. The summed E-state index contributed by atoms with van der Waals surface area (Å²) < 4.78 is 45.4. The molecule has 0 radical (unpaired) electrons. The highest BCUT2D eigenvalue weighted by Crippen LogP contribution is 2.33. The van der Waals surface area contributed by atoms with Crippen LogP contribution in [0.2, 0.25) is 5.02 Å². The lowest BCUT2D eigenvalue weighted by Crippen LogP contribution is -2.19. The Morgan fingerprint density at radius 2 is 2.05 bits per heavy atom. The average Bonchev–Trinajstić information content (AvgIpc) is 2.84. The van der Waals surface area contributed by atoms with E-state index in [9.17, 15) is 18.0 Å². The summed E-state index contributed by atoms with van der Waals surface area (Å²) in [6.45, 7) is 0. The molecule has 0 aliphatic rings. The number of furan rings is 1. The Morgan fingerprint density at radius 1 is 1.30 bits per heavy atom. The molecule has 1 N–H and O–H groups in total. The van der Waals surface area contributed by atoms with Crippen LogP contribution >= 0.6 is 11.6 Å². The SMILES string of the molecule is O=C(Nc1ccc(Cl)cc1OC(F)(F)F)c1ccco1. The molecule has 4 nitrogen and oxygen atoms in total. The van der Waals surface area contributed by atoms with Crippen LogP contribution in [0.5, 0.6) is 5.75 Å². The van der Waals surface area contributed by atoms with Gasteiger partial charge in [-0.05, 0) is 24.3 Å². The first-order valence-corrected chi connectivity index (χ1v) is 5.63. The molecule has 0 atom stereocenters. The van der Waals surface area contributed by atoms with E-state index in [1.54, 1.807) is 0 Å². The second-order valence-corrected chi connectivity index (χ2v) is 4.06. The zero-order valence-corrected chi connectivity index (χ0v) is 10.5. The predicted octanol–water partition coefficient (Wildman–Crippen LogP) is 4.08. The Labute approximate surface area is 116 Å². The minimum absolute atomic E-state index is 0.0419. The first-order valence-electron chi connectivity index (χ1n) is 5.25. The smallest absolute Gasteiger partial charge is 0.459 e. The molecule has 0 aliphatic carbocycles. The molecule has 2 aromatic rings. The van der Waals surface area contributed by atoms with Crippen molar-refractivity contribution in [2.24, 2.45) is 0 Å². The lowest BCUT2D eigenvalue weighted by Gasteiger charge is -2.13. The minimum atomic E-state index is -4.89. The number of amides is 1. The third-order valence-electron chi connectivity index (χ3n) is 2.16. The fourth-order valence-corrected chi connectivity index (χ4v) is 1.56. The van der Waals surface area contributed by atoms with E-state index >= 15 is 0 Å². The van der Waals surface area contributed by atoms with E-state index in [2.05, 4.69) is 10.1 Å². The van der Waals surface area contributed by atoms with Crippen LogP contribution < -0.4 is 10.1 Å². The highest BCUT2D eigenvalue weighted by Gasteiger charge is 2.32. The second kappa shape index (κ2) is 5.46. The first kappa shape index (κ1) is 14.3. The highest BCUT2D eigenvalue weighted by molar-refractivity contribution is 6.30. The molecule has 0 aliphatic heterocycles. The molecule has 1 amide bonds. The fraction of sp³-hybridized carbons (Fsp3) is 0.0833. The summed E-state index contributed by atoms with van der Waals surface area (Å²) in [5, 5.41) is 2.29. The maximum absolute atomic E-state index is 12.3. The molecule has 1 aromatic heterocycles. The Kier molecular flexibility index (Phi) is 3.89. The van der Waals surface area contributed by atoms with Gasteiger partial charge < -0.3 is 14.5 Å². The zero-order valence-electron chi connectivity index (χ0n) is 9.70. The monoisotopic (exact) mass is 305 g/mol. The number of alkyl halides is 3. The molecular weight excluding hydrogens is 299 g/mol. The Hall–Kier alpha value is -2.15. The van der Waals surface area contributed by atoms with Crippen molar-refractivity contribution in [1.29, 1.82) is 0 Å². The predicted molar refractivity (Wildman–Crippen MR) is 64.8 cm³/mol. The maximum atomic E-state index is 12.3. The lowest BCUT2D eigenvalue weighted by atomic mass is 10.3. The number of carbonyl (C=O) groups excluding carboxylic acids is 1. The van der Waals surface area contributed by atoms with Crippen LogP contribution in [0.15, 0.2) is 41.0 Å². The molecule has 0 saturated heterocycles. The van der Waals surface area contributed by atoms with Gasteiger partial charge in [-0.15, -0.1) is 13.2 Å². The van der Waals surface area contributed by atoms with E-state index in [-0.39, 0.29) is 16.5 Å². The van der Waals surface area contributed by atoms with Gasteiger partial charge in [-0.2, -0.15) is 0 Å². The van der Waals surface area contributed by atoms with Crippen molar-refractivity contribution in [3.63, 3.8) is 0 Å². The highest BCUT2D eigenvalue weighted by atomic mass is 35.5. The van der Waals surface area contributed by atoms with Crippen molar-refractivity contribution in [1.82, 2.24) is 0 Å². The van der Waals surface area contributed by atoms with Crippen molar-refractivity contribution < 1.29 is 27.1 Å². The summed E-state index contributed by atoms with van der Waals surface area (Å²) >= 11 is 5.60. The van der Waals surface area contributed by atoms with E-state index in [4.69, 9.17) is 16.0 Å². The molecule has 8 heteroatoms. The van der Waals surface area contributed by atoms with Gasteiger partial charge in [0.15, 0.2) is 11.5 Å². The third-order valence-corrected chi connectivity index (χ3v) is 2.40. The summed E-state index contributed by atoms with van der Waals surface area (Å²) in [6, 6.07) is 6.32. The number of hydrogen-bond donors (Lipinski definition) is 1. The number of anilines is 1. The standard InChI is InChI=1S/C12H7ClF3NO3/c13-7-3-4-8(10(6-7)20-12(14,15)16)17-11(18)9-2-1-5-19-9/h1-6H,(H,17,18). The molecule has 1 heterocycles. The Morgan fingerprint density at radius 3 is 2.65 bits per heavy atom. The van der Waals surface area contributed by atoms with Crippen LogP contribution in [0, 0.1) is 0 Å². The molecular formula is C12H7ClF3NO3. The summed E-state index contributed by atoms with van der Waals surface area (Å²) in [5.41, 5.74) is -0.173. The quantitative estimate of drug-likeness (QED) is 0.929. The van der Waals surface area contributed by atoms with Gasteiger partial charge in [0.2, 0.25) is 0 Å². The number of nitrogens with one attached hydrogen (secondary N) is 1. The fourth-order valence-electron chi connectivity index (χ4n) is 1.40. The van der Waals surface area contributed by atoms with E-state index in [1.165, 1.54) is 30.5 Å². The summed E-state index contributed by atoms with van der Waals surface area (Å²) in [4.78, 5) is 11.7. The van der Waals surface area contributed by atoms with Crippen LogP contribution in [0.3, 0.4) is 0 Å². The topological polar surface area (TPSA) is 51.5 Å². The van der Waals surface area contributed by atoms with Crippen LogP contribution in [0.25, 0.3) is 0 Å². The molecule has 20 heavy (non-hydrogen) atoms. The normalized spacial score (nSPS) is 11.2. The number of rotatable bonds is 3. The van der Waals surface area contributed by atoms with Gasteiger partial charge in [0.1, 0.15) is 0 Å². The number of ether oxygens (including phenoxy) is 1. The summed E-state index contributed by atoms with van der Waals surface area (Å²) in [5.74, 6) is -1.35. The zero-order chi connectivity index (χ0) is 14.8. The molecule has 0 spiro atoms. The number of halogens is 4. The van der Waals surface area contributed by atoms with E-state index in [0.29, 0.717) is 0 Å². The van der Waals surface area contributed by atoms with Gasteiger partial charge in [-0.25, -0.2) is 0 Å². The van der Waals surface area contributed by atoms with Gasteiger partial charge in [0.05, 0.1) is 12.0 Å². The molecule has 2 rings (SSSR count). The number of benzene rings is 1. The molecule has 1 aromatic carbocycles. The van der Waals surface area contributed by atoms with E-state index in [1.807, 2.05) is 0 Å². The van der Waals surface area contributed by atoms with Crippen LogP contribution in [-0.4, -0.2) is 12.3 Å². The van der Waals surface area contributed by atoms with Crippen molar-refractivity contribution in [3.05, 3.63) is 47.4 Å². The van der Waals surface area contributed by atoms with Gasteiger partial charge in [-0.3, -0.25) is 4.79 Å². The molecule has 0 bridgehead atoms. The summed E-state index contributed by atoms with van der Waals surface area (Å²) in [7, 11) is 0. The van der Waals surface area contributed by atoms with Crippen LogP contribution in [0.4, 0.5) is 18.9 Å². The second-order valence-electron chi connectivity index (χ2n) is 3.62. The Balaban J connectivity index is 2.25. The van der Waals surface area contributed by atoms with Gasteiger partial charge in [-0.1, -0.05) is 11.6 Å².